The summed E-state index contributed by atoms with van der Waals surface area (Å²) in [4.78, 5) is 0. The maximum absolute atomic E-state index is 9.58. The van der Waals surface area contributed by atoms with Gasteiger partial charge in [-0.2, -0.15) is 0 Å². The van der Waals surface area contributed by atoms with Crippen molar-refractivity contribution in [1.29, 1.82) is 0 Å². The maximum atomic E-state index is 9.58. The van der Waals surface area contributed by atoms with Crippen molar-refractivity contribution in [2.75, 3.05) is 0 Å². The van der Waals surface area contributed by atoms with Crippen LogP contribution in [0.2, 0.25) is 0 Å². The van der Waals surface area contributed by atoms with Gasteiger partial charge in [-0.3, -0.25) is 0 Å². The normalized spacial score (nSPS) is 31.5. The Morgan fingerprint density at radius 2 is 2.20 bits per heavy atom. The fourth-order valence-electron chi connectivity index (χ4n) is 1.56. The van der Waals surface area contributed by atoms with E-state index in [9.17, 15) is 5.11 Å². The van der Waals surface area contributed by atoms with Gasteiger partial charge in [0.05, 0.1) is 0 Å². The molecule has 0 aromatic rings. The highest BCUT2D eigenvalue weighted by Gasteiger charge is 2.12. The van der Waals surface area contributed by atoms with Crippen LogP contribution in [0.15, 0.2) is 23.8 Å². The first-order valence-electron chi connectivity index (χ1n) is 5.49. The molecule has 1 atom stereocenters. The highest BCUT2D eigenvalue weighted by atomic mass is 16.3. The Bertz CT molecular complexity index is 323. The maximum Gasteiger partial charge on any atom is 0.118 e. The molecule has 1 heteroatoms. The van der Waals surface area contributed by atoms with Crippen molar-refractivity contribution in [3.63, 3.8) is 0 Å². The molecule has 1 rings (SSSR count). The van der Waals surface area contributed by atoms with Crippen molar-refractivity contribution < 1.29 is 5.11 Å². The molecule has 82 valence electrons. The van der Waals surface area contributed by atoms with Crippen LogP contribution >= 0.6 is 0 Å². The Balaban J connectivity index is 2.82. The second kappa shape index (κ2) is 5.19. The molecule has 0 spiro atoms. The molecule has 0 aromatic heterocycles. The van der Waals surface area contributed by atoms with E-state index < -0.39 is 6.10 Å². The van der Waals surface area contributed by atoms with Crippen LogP contribution in [-0.2, 0) is 0 Å². The van der Waals surface area contributed by atoms with Crippen molar-refractivity contribution in [3.05, 3.63) is 23.8 Å². The molecule has 0 aromatic carbocycles. The van der Waals surface area contributed by atoms with E-state index in [4.69, 9.17) is 0 Å². The molecule has 0 saturated carbocycles. The van der Waals surface area contributed by atoms with E-state index in [0.29, 0.717) is 6.42 Å². The third-order valence-corrected chi connectivity index (χ3v) is 2.55. The molecular weight excluding hydrogens is 184 g/mol. The van der Waals surface area contributed by atoms with Gasteiger partial charge in [0.2, 0.25) is 0 Å². The van der Waals surface area contributed by atoms with E-state index in [2.05, 4.69) is 50.8 Å². The Morgan fingerprint density at radius 3 is 2.93 bits per heavy atom. The third-order valence-electron chi connectivity index (χ3n) is 2.55. The molecule has 0 fully saturated rings. The lowest BCUT2D eigenvalue weighted by atomic mass is 9.87. The number of hydrogen-bond acceptors (Lipinski definition) is 1. The summed E-state index contributed by atoms with van der Waals surface area (Å²) in [6, 6.07) is 0. The summed E-state index contributed by atoms with van der Waals surface area (Å²) in [5.41, 5.74) is 1.42. The van der Waals surface area contributed by atoms with Crippen LogP contribution in [0.4, 0.5) is 0 Å². The molecule has 1 nitrogen and oxygen atoms in total. The number of rotatable bonds is 0. The predicted molar refractivity (Wildman–Crippen MR) is 64.3 cm³/mol. The summed E-state index contributed by atoms with van der Waals surface area (Å²) in [6.45, 7) is 6.49. The van der Waals surface area contributed by atoms with E-state index >= 15 is 0 Å². The minimum atomic E-state index is -0.504. The minimum Gasteiger partial charge on any atom is -0.380 e. The van der Waals surface area contributed by atoms with Gasteiger partial charge in [-0.15, -0.1) is 0 Å². The predicted octanol–water partition coefficient (Wildman–Crippen LogP) is 3.06. The lowest BCUT2D eigenvalue weighted by Crippen LogP contribution is -2.06. The van der Waals surface area contributed by atoms with Crippen molar-refractivity contribution >= 4 is 0 Å². The summed E-state index contributed by atoms with van der Waals surface area (Å²) in [7, 11) is 0. The molecule has 0 aliphatic heterocycles. The summed E-state index contributed by atoms with van der Waals surface area (Å²) in [5, 5.41) is 9.58. The van der Waals surface area contributed by atoms with Crippen LogP contribution in [0.5, 0.6) is 0 Å². The van der Waals surface area contributed by atoms with Gasteiger partial charge in [0.25, 0.3) is 0 Å². The van der Waals surface area contributed by atoms with Gasteiger partial charge in [0.15, 0.2) is 0 Å². The average molecular weight is 204 g/mol. The number of hydrogen-bond donors (Lipinski definition) is 1. The zero-order valence-electron chi connectivity index (χ0n) is 9.88. The zero-order chi connectivity index (χ0) is 11.3. The molecule has 0 bridgehead atoms. The molecule has 1 N–H and O–H groups in total. The molecule has 0 saturated heterocycles. The molecule has 0 radical (unpaired) electrons. The van der Waals surface area contributed by atoms with Crippen LogP contribution in [0.25, 0.3) is 0 Å². The molecule has 1 aliphatic rings. The van der Waals surface area contributed by atoms with Crippen molar-refractivity contribution in [3.8, 4) is 11.8 Å². The van der Waals surface area contributed by atoms with E-state index in [1.807, 2.05) is 0 Å². The standard InChI is InChI=1S/C14H20O/c1-12-8-10-14(2,3)9-6-4-5-7-13(15)11-12/h6,8-9,13,15H,4,10-11H2,1-3H3/b9-6-,12-8-. The second-order valence-electron chi connectivity index (χ2n) is 4.89. The molecular formula is C14H20O. The molecule has 15 heavy (non-hydrogen) atoms. The second-order valence-corrected chi connectivity index (χ2v) is 4.89. The number of aliphatic hydroxyl groups excluding tert-OH is 1. The molecule has 1 unspecified atom stereocenters. The lowest BCUT2D eigenvalue weighted by Gasteiger charge is -2.18. The summed E-state index contributed by atoms with van der Waals surface area (Å²) < 4.78 is 0. The molecule has 0 amide bonds. The number of allylic oxidation sites excluding steroid dienone is 3. The van der Waals surface area contributed by atoms with E-state index in [-0.39, 0.29) is 5.41 Å². The van der Waals surface area contributed by atoms with Gasteiger partial charge >= 0.3 is 0 Å². The Labute approximate surface area is 92.9 Å². The van der Waals surface area contributed by atoms with Gasteiger partial charge in [0.1, 0.15) is 6.10 Å². The SMILES string of the molecule is C/C1=C/CC(C)(C)/C=C\CC#CC(O)C1. The fraction of sp³-hybridized carbons (Fsp3) is 0.571. The summed E-state index contributed by atoms with van der Waals surface area (Å²) >= 11 is 0. The first kappa shape index (κ1) is 12.1. The van der Waals surface area contributed by atoms with Gasteiger partial charge in [-0.1, -0.05) is 49.5 Å². The molecule has 0 heterocycles. The van der Waals surface area contributed by atoms with Crippen LogP contribution < -0.4 is 0 Å². The average Bonchev–Trinajstić information content (AvgIpc) is 2.15. The summed E-state index contributed by atoms with van der Waals surface area (Å²) in [5.74, 6) is 5.83. The van der Waals surface area contributed by atoms with Crippen molar-refractivity contribution in [2.45, 2.75) is 46.1 Å². The minimum absolute atomic E-state index is 0.193. The molecule has 1 aliphatic carbocycles. The third kappa shape index (κ3) is 4.85. The van der Waals surface area contributed by atoms with Gasteiger partial charge in [-0.25, -0.2) is 0 Å². The van der Waals surface area contributed by atoms with Gasteiger partial charge < -0.3 is 5.11 Å². The topological polar surface area (TPSA) is 20.2 Å². The zero-order valence-corrected chi connectivity index (χ0v) is 9.88. The van der Waals surface area contributed by atoms with Crippen molar-refractivity contribution in [2.24, 2.45) is 5.41 Å². The lowest BCUT2D eigenvalue weighted by molar-refractivity contribution is 0.232. The fourth-order valence-corrected chi connectivity index (χ4v) is 1.56. The van der Waals surface area contributed by atoms with E-state index in [1.54, 1.807) is 0 Å². The van der Waals surface area contributed by atoms with Crippen molar-refractivity contribution in [1.82, 2.24) is 0 Å². The first-order valence-corrected chi connectivity index (χ1v) is 5.49. The highest BCUT2D eigenvalue weighted by molar-refractivity contribution is 5.15. The van der Waals surface area contributed by atoms with E-state index in [1.165, 1.54) is 5.57 Å². The highest BCUT2D eigenvalue weighted by Crippen LogP contribution is 2.24. The van der Waals surface area contributed by atoms with Gasteiger partial charge in [-0.05, 0) is 18.8 Å². The van der Waals surface area contributed by atoms with Crippen LogP contribution in [0.1, 0.15) is 40.0 Å². The Hall–Kier alpha value is -1.00. The monoisotopic (exact) mass is 204 g/mol. The summed E-state index contributed by atoms with van der Waals surface area (Å²) in [6.07, 6.45) is 8.43. The Morgan fingerprint density at radius 1 is 1.47 bits per heavy atom. The smallest absolute Gasteiger partial charge is 0.118 e. The quantitative estimate of drug-likeness (QED) is 0.475. The first-order chi connectivity index (χ1) is 6.99. The van der Waals surface area contributed by atoms with Crippen LogP contribution in [0, 0.1) is 17.3 Å². The van der Waals surface area contributed by atoms with Gasteiger partial charge in [0, 0.05) is 12.8 Å². The van der Waals surface area contributed by atoms with Crippen LogP contribution in [-0.4, -0.2) is 11.2 Å². The largest absolute Gasteiger partial charge is 0.380 e. The van der Waals surface area contributed by atoms with E-state index in [0.717, 1.165) is 12.8 Å². The number of aliphatic hydroxyl groups is 1. The Kier molecular flexibility index (Phi) is 4.17. The van der Waals surface area contributed by atoms with Crippen LogP contribution in [0.3, 0.4) is 0 Å².